The SMILES string of the molecule is Cc1nc(C(=O)N2CCOCC2)c(-c2ccc(C#N)cc2)s1. The Morgan fingerprint density at radius 1 is 1.32 bits per heavy atom. The molecule has 1 aliphatic rings. The van der Waals surface area contributed by atoms with Crippen LogP contribution in [0, 0.1) is 18.3 Å². The van der Waals surface area contributed by atoms with Gasteiger partial charge in [0.05, 0.1) is 34.7 Å². The summed E-state index contributed by atoms with van der Waals surface area (Å²) in [6.45, 7) is 4.24. The van der Waals surface area contributed by atoms with Gasteiger partial charge in [0.15, 0.2) is 0 Å². The zero-order chi connectivity index (χ0) is 15.5. The minimum absolute atomic E-state index is 0.0491. The van der Waals surface area contributed by atoms with Crippen LogP contribution in [0.1, 0.15) is 21.1 Å². The van der Waals surface area contributed by atoms with E-state index in [2.05, 4.69) is 11.1 Å². The molecule has 1 aromatic carbocycles. The highest BCUT2D eigenvalue weighted by atomic mass is 32.1. The second kappa shape index (κ2) is 6.26. The lowest BCUT2D eigenvalue weighted by Gasteiger charge is -2.26. The number of morpholine rings is 1. The van der Waals surface area contributed by atoms with Crippen LogP contribution in [0.2, 0.25) is 0 Å². The highest BCUT2D eigenvalue weighted by Crippen LogP contribution is 2.31. The molecular weight excluding hydrogens is 298 g/mol. The largest absolute Gasteiger partial charge is 0.378 e. The topological polar surface area (TPSA) is 66.2 Å². The minimum atomic E-state index is -0.0491. The van der Waals surface area contributed by atoms with Crippen LogP contribution >= 0.6 is 11.3 Å². The summed E-state index contributed by atoms with van der Waals surface area (Å²) in [7, 11) is 0. The first kappa shape index (κ1) is 14.7. The minimum Gasteiger partial charge on any atom is -0.378 e. The summed E-state index contributed by atoms with van der Waals surface area (Å²) in [5.41, 5.74) is 2.02. The fourth-order valence-electron chi connectivity index (χ4n) is 2.38. The number of rotatable bonds is 2. The first-order chi connectivity index (χ1) is 10.7. The molecule has 0 N–H and O–H groups in total. The normalized spacial score (nSPS) is 14.6. The number of nitrogens with zero attached hydrogens (tertiary/aromatic N) is 3. The summed E-state index contributed by atoms with van der Waals surface area (Å²) < 4.78 is 5.29. The quantitative estimate of drug-likeness (QED) is 0.854. The molecule has 1 aromatic heterocycles. The molecule has 0 spiro atoms. The monoisotopic (exact) mass is 313 g/mol. The van der Waals surface area contributed by atoms with Crippen LogP contribution in [-0.2, 0) is 4.74 Å². The summed E-state index contributed by atoms with van der Waals surface area (Å²) in [4.78, 5) is 19.8. The van der Waals surface area contributed by atoms with Crippen molar-refractivity contribution in [2.75, 3.05) is 26.3 Å². The Morgan fingerprint density at radius 2 is 2.00 bits per heavy atom. The predicted molar refractivity (Wildman–Crippen MR) is 83.7 cm³/mol. The van der Waals surface area contributed by atoms with Crippen molar-refractivity contribution in [2.24, 2.45) is 0 Å². The van der Waals surface area contributed by atoms with E-state index in [1.54, 1.807) is 17.0 Å². The molecule has 6 heteroatoms. The van der Waals surface area contributed by atoms with E-state index in [0.29, 0.717) is 37.6 Å². The zero-order valence-electron chi connectivity index (χ0n) is 12.2. The van der Waals surface area contributed by atoms with E-state index in [0.717, 1.165) is 15.4 Å². The lowest BCUT2D eigenvalue weighted by molar-refractivity contribution is 0.0300. The van der Waals surface area contributed by atoms with Crippen molar-refractivity contribution < 1.29 is 9.53 Å². The highest BCUT2D eigenvalue weighted by molar-refractivity contribution is 7.15. The third-order valence-electron chi connectivity index (χ3n) is 3.51. The number of thiazole rings is 1. The smallest absolute Gasteiger partial charge is 0.274 e. The second-order valence-electron chi connectivity index (χ2n) is 5.00. The summed E-state index contributed by atoms with van der Waals surface area (Å²) in [5.74, 6) is -0.0491. The van der Waals surface area contributed by atoms with E-state index < -0.39 is 0 Å². The molecule has 3 rings (SSSR count). The van der Waals surface area contributed by atoms with Crippen LogP contribution in [0.25, 0.3) is 10.4 Å². The molecule has 2 heterocycles. The van der Waals surface area contributed by atoms with Gasteiger partial charge in [-0.2, -0.15) is 5.26 Å². The van der Waals surface area contributed by atoms with E-state index in [9.17, 15) is 4.79 Å². The van der Waals surface area contributed by atoms with Gasteiger partial charge in [0, 0.05) is 13.1 Å². The third kappa shape index (κ3) is 2.86. The molecular formula is C16H15N3O2S. The van der Waals surface area contributed by atoms with Gasteiger partial charge in [0.1, 0.15) is 5.69 Å². The van der Waals surface area contributed by atoms with Crippen LogP contribution in [0.4, 0.5) is 0 Å². The number of ether oxygens (including phenoxy) is 1. The van der Waals surface area contributed by atoms with E-state index in [1.165, 1.54) is 11.3 Å². The fourth-order valence-corrected chi connectivity index (χ4v) is 3.30. The van der Waals surface area contributed by atoms with Gasteiger partial charge in [-0.15, -0.1) is 11.3 Å². The molecule has 112 valence electrons. The average Bonchev–Trinajstić information content (AvgIpc) is 2.97. The maximum absolute atomic E-state index is 12.7. The van der Waals surface area contributed by atoms with E-state index in [1.807, 2.05) is 19.1 Å². The number of benzene rings is 1. The molecule has 2 aromatic rings. The molecule has 22 heavy (non-hydrogen) atoms. The van der Waals surface area contributed by atoms with E-state index in [4.69, 9.17) is 10.00 Å². The van der Waals surface area contributed by atoms with Gasteiger partial charge in [-0.05, 0) is 24.6 Å². The highest BCUT2D eigenvalue weighted by Gasteiger charge is 2.24. The van der Waals surface area contributed by atoms with Gasteiger partial charge < -0.3 is 9.64 Å². The summed E-state index contributed by atoms with van der Waals surface area (Å²) in [5, 5.41) is 9.74. The van der Waals surface area contributed by atoms with Crippen LogP contribution in [0.3, 0.4) is 0 Å². The number of amides is 1. The third-order valence-corrected chi connectivity index (χ3v) is 4.53. The Morgan fingerprint density at radius 3 is 2.64 bits per heavy atom. The number of carbonyl (C=O) groups excluding carboxylic acids is 1. The van der Waals surface area contributed by atoms with Crippen molar-refractivity contribution >= 4 is 17.2 Å². The molecule has 0 unspecified atom stereocenters. The summed E-state index contributed by atoms with van der Waals surface area (Å²) >= 11 is 1.50. The molecule has 1 fully saturated rings. The van der Waals surface area contributed by atoms with Crippen molar-refractivity contribution in [1.82, 2.24) is 9.88 Å². The Bertz CT molecular complexity index is 725. The van der Waals surface area contributed by atoms with E-state index in [-0.39, 0.29) is 5.91 Å². The molecule has 0 saturated carbocycles. The second-order valence-corrected chi connectivity index (χ2v) is 6.21. The lowest BCUT2D eigenvalue weighted by Crippen LogP contribution is -2.41. The van der Waals surface area contributed by atoms with E-state index >= 15 is 0 Å². The number of nitriles is 1. The summed E-state index contributed by atoms with van der Waals surface area (Å²) in [6, 6.07) is 9.34. The molecule has 5 nitrogen and oxygen atoms in total. The Kier molecular flexibility index (Phi) is 4.18. The first-order valence-electron chi connectivity index (χ1n) is 7.04. The van der Waals surface area contributed by atoms with Gasteiger partial charge in [0.25, 0.3) is 5.91 Å². The number of aromatic nitrogens is 1. The van der Waals surface area contributed by atoms with Gasteiger partial charge in [0.2, 0.25) is 0 Å². The standard InChI is InChI=1S/C16H15N3O2S/c1-11-18-14(16(20)19-6-8-21-9-7-19)15(22-11)13-4-2-12(10-17)3-5-13/h2-5H,6-9H2,1H3. The van der Waals surface area contributed by atoms with Crippen LogP contribution in [0.15, 0.2) is 24.3 Å². The van der Waals surface area contributed by atoms with Gasteiger partial charge in [-0.1, -0.05) is 12.1 Å². The predicted octanol–water partition coefficient (Wildman–Crippen LogP) is 2.46. The maximum Gasteiger partial charge on any atom is 0.274 e. The lowest BCUT2D eigenvalue weighted by atomic mass is 10.1. The number of hydrogen-bond acceptors (Lipinski definition) is 5. The molecule has 0 bridgehead atoms. The molecule has 1 aliphatic heterocycles. The number of aryl methyl sites for hydroxylation is 1. The fraction of sp³-hybridized carbons (Fsp3) is 0.312. The van der Waals surface area contributed by atoms with Crippen molar-refractivity contribution in [1.29, 1.82) is 5.26 Å². The van der Waals surface area contributed by atoms with Gasteiger partial charge >= 0.3 is 0 Å². The van der Waals surface area contributed by atoms with Crippen molar-refractivity contribution in [3.8, 4) is 16.5 Å². The molecule has 0 aliphatic carbocycles. The molecule has 0 radical (unpaired) electrons. The molecule has 1 saturated heterocycles. The van der Waals surface area contributed by atoms with Crippen molar-refractivity contribution in [2.45, 2.75) is 6.92 Å². The number of carbonyl (C=O) groups is 1. The zero-order valence-corrected chi connectivity index (χ0v) is 13.0. The Balaban J connectivity index is 1.95. The van der Waals surface area contributed by atoms with Crippen LogP contribution in [0.5, 0.6) is 0 Å². The van der Waals surface area contributed by atoms with Crippen LogP contribution in [-0.4, -0.2) is 42.1 Å². The van der Waals surface area contributed by atoms with Crippen molar-refractivity contribution in [3.05, 3.63) is 40.5 Å². The maximum atomic E-state index is 12.7. The molecule has 0 atom stereocenters. The number of hydrogen-bond donors (Lipinski definition) is 0. The Hall–Kier alpha value is -2.23. The van der Waals surface area contributed by atoms with Crippen molar-refractivity contribution in [3.63, 3.8) is 0 Å². The van der Waals surface area contributed by atoms with Crippen LogP contribution < -0.4 is 0 Å². The molecule has 1 amide bonds. The van der Waals surface area contributed by atoms with Gasteiger partial charge in [-0.25, -0.2) is 4.98 Å². The average molecular weight is 313 g/mol. The first-order valence-corrected chi connectivity index (χ1v) is 7.85. The summed E-state index contributed by atoms with van der Waals surface area (Å²) in [6.07, 6.45) is 0. The van der Waals surface area contributed by atoms with Gasteiger partial charge in [-0.3, -0.25) is 4.79 Å². The Labute approximate surface area is 132 Å².